The Morgan fingerprint density at radius 3 is 2.55 bits per heavy atom. The van der Waals surface area contributed by atoms with Gasteiger partial charge in [-0.05, 0) is 56.8 Å². The van der Waals surface area contributed by atoms with E-state index in [2.05, 4.69) is 10.0 Å². The third kappa shape index (κ3) is 6.56. The monoisotopic (exact) mass is 443 g/mol. The number of nitrogens with zero attached hydrogens (tertiary/aromatic N) is 1. The van der Waals surface area contributed by atoms with E-state index in [1.165, 1.54) is 30.0 Å². The van der Waals surface area contributed by atoms with Gasteiger partial charge in [-0.2, -0.15) is 16.5 Å². The Bertz CT molecular complexity index is 889. The highest BCUT2D eigenvalue weighted by molar-refractivity contribution is 7.98. The number of carbonyl (C=O) groups is 1. The van der Waals surface area contributed by atoms with Crippen LogP contribution in [0.15, 0.2) is 52.0 Å². The molecule has 0 fully saturated rings. The summed E-state index contributed by atoms with van der Waals surface area (Å²) in [5.41, 5.74) is 0. The summed E-state index contributed by atoms with van der Waals surface area (Å²) in [7, 11) is -0.482. The van der Waals surface area contributed by atoms with E-state index in [0.717, 1.165) is 6.07 Å². The minimum Gasteiger partial charge on any atom is -0.468 e. The molecule has 1 aromatic carbocycles. The summed E-state index contributed by atoms with van der Waals surface area (Å²) < 4.78 is 46.9. The van der Waals surface area contributed by atoms with Gasteiger partial charge in [-0.25, -0.2) is 12.8 Å². The van der Waals surface area contributed by atoms with Crippen molar-refractivity contribution >= 4 is 27.7 Å². The Kier molecular flexibility index (Phi) is 8.69. The Hall–Kier alpha value is -1.88. The smallest absolute Gasteiger partial charge is 0.244 e. The average molecular weight is 444 g/mol. The minimum atomic E-state index is -4.19. The lowest BCUT2D eigenvalue weighted by Crippen LogP contribution is -2.48. The Balaban J connectivity index is 2.12. The molecule has 1 heterocycles. The number of benzene rings is 1. The summed E-state index contributed by atoms with van der Waals surface area (Å²) in [6.07, 6.45) is 3.69. The van der Waals surface area contributed by atoms with Gasteiger partial charge >= 0.3 is 0 Å². The van der Waals surface area contributed by atoms with Crippen LogP contribution in [0.3, 0.4) is 0 Å². The zero-order valence-corrected chi connectivity index (χ0v) is 18.2. The topological polar surface area (TPSA) is 91.6 Å². The fraction of sp³-hybridized carbons (Fsp3) is 0.421. The van der Waals surface area contributed by atoms with Gasteiger partial charge in [0.15, 0.2) is 0 Å². The molecule has 0 saturated heterocycles. The van der Waals surface area contributed by atoms with Crippen LogP contribution < -0.4 is 10.0 Å². The number of nitrogens with one attached hydrogen (secondary N) is 2. The number of likely N-dealkylation sites (N-methyl/N-ethyl adjacent to an activating group) is 1. The van der Waals surface area contributed by atoms with Crippen molar-refractivity contribution in [1.82, 2.24) is 14.9 Å². The lowest BCUT2D eigenvalue weighted by atomic mass is 10.2. The predicted molar refractivity (Wildman–Crippen MR) is 112 cm³/mol. The number of sulfonamides is 1. The SMILES string of the molecule is CSCC[C@@H](NS(=O)(=O)c1ccccc1F)C(=O)NC[C@@H](c1ccco1)N(C)C. The Labute approximate surface area is 175 Å². The zero-order chi connectivity index (χ0) is 21.4. The van der Waals surface area contributed by atoms with Gasteiger partial charge in [0, 0.05) is 6.54 Å². The zero-order valence-electron chi connectivity index (χ0n) is 16.6. The van der Waals surface area contributed by atoms with E-state index in [4.69, 9.17) is 4.42 Å². The molecule has 29 heavy (non-hydrogen) atoms. The van der Waals surface area contributed by atoms with Crippen LogP contribution in [0.2, 0.25) is 0 Å². The highest BCUT2D eigenvalue weighted by Gasteiger charge is 2.28. The molecule has 0 aliphatic heterocycles. The van der Waals surface area contributed by atoms with Crippen molar-refractivity contribution in [2.75, 3.05) is 32.6 Å². The van der Waals surface area contributed by atoms with Crippen molar-refractivity contribution < 1.29 is 22.0 Å². The molecule has 0 aliphatic rings. The van der Waals surface area contributed by atoms with E-state index < -0.39 is 32.7 Å². The van der Waals surface area contributed by atoms with Crippen LogP contribution >= 0.6 is 11.8 Å². The standard InChI is InChI=1S/C19H26FN3O4S2/c1-23(2)16(17-8-6-11-27-17)13-21-19(24)15(10-12-28-3)22-29(25,26)18-9-5-4-7-14(18)20/h4-9,11,15-16,22H,10,12-13H2,1-3H3,(H,21,24)/t15-,16+/m1/s1. The number of rotatable bonds is 11. The second kappa shape index (κ2) is 10.8. The molecule has 2 atom stereocenters. The van der Waals surface area contributed by atoms with Crippen molar-refractivity contribution in [3.05, 3.63) is 54.2 Å². The molecule has 7 nitrogen and oxygen atoms in total. The summed E-state index contributed by atoms with van der Waals surface area (Å²) in [4.78, 5) is 14.2. The number of amides is 1. The van der Waals surface area contributed by atoms with E-state index in [1.807, 2.05) is 31.3 Å². The average Bonchev–Trinajstić information content (AvgIpc) is 3.19. The third-order valence-corrected chi connectivity index (χ3v) is 6.46. The maximum atomic E-state index is 13.9. The van der Waals surface area contributed by atoms with Gasteiger partial charge in [-0.15, -0.1) is 0 Å². The van der Waals surface area contributed by atoms with E-state index in [1.54, 1.807) is 12.3 Å². The summed E-state index contributed by atoms with van der Waals surface area (Å²) in [6, 6.07) is 7.41. The predicted octanol–water partition coefficient (Wildman–Crippen LogP) is 2.24. The van der Waals surface area contributed by atoms with Crippen LogP contribution in [0.4, 0.5) is 4.39 Å². The van der Waals surface area contributed by atoms with Crippen LogP contribution in [0, 0.1) is 5.82 Å². The molecule has 2 rings (SSSR count). The second-order valence-corrected chi connectivity index (χ2v) is 9.29. The van der Waals surface area contributed by atoms with Crippen molar-refractivity contribution in [3.63, 3.8) is 0 Å². The molecule has 2 aromatic rings. The largest absolute Gasteiger partial charge is 0.468 e. The van der Waals surface area contributed by atoms with Crippen LogP contribution in [-0.4, -0.2) is 57.9 Å². The van der Waals surface area contributed by atoms with Gasteiger partial charge in [0.2, 0.25) is 15.9 Å². The van der Waals surface area contributed by atoms with Gasteiger partial charge in [0.25, 0.3) is 0 Å². The quantitative estimate of drug-likeness (QED) is 0.554. The molecule has 1 aromatic heterocycles. The van der Waals surface area contributed by atoms with Crippen molar-refractivity contribution in [2.24, 2.45) is 0 Å². The summed E-state index contributed by atoms with van der Waals surface area (Å²) in [6.45, 7) is 0.233. The molecule has 10 heteroatoms. The van der Waals surface area contributed by atoms with E-state index >= 15 is 0 Å². The number of hydrogen-bond acceptors (Lipinski definition) is 6. The molecular weight excluding hydrogens is 417 g/mol. The molecule has 160 valence electrons. The molecule has 1 amide bonds. The highest BCUT2D eigenvalue weighted by atomic mass is 32.2. The number of thioether (sulfide) groups is 1. The van der Waals surface area contributed by atoms with Gasteiger partial charge < -0.3 is 9.73 Å². The van der Waals surface area contributed by atoms with E-state index in [-0.39, 0.29) is 19.0 Å². The van der Waals surface area contributed by atoms with Crippen molar-refractivity contribution in [1.29, 1.82) is 0 Å². The molecule has 0 radical (unpaired) electrons. The maximum Gasteiger partial charge on any atom is 0.244 e. The first-order valence-electron chi connectivity index (χ1n) is 8.99. The minimum absolute atomic E-state index is 0.210. The summed E-state index contributed by atoms with van der Waals surface area (Å²) in [5, 5.41) is 2.78. The first-order valence-corrected chi connectivity index (χ1v) is 11.9. The van der Waals surface area contributed by atoms with E-state index in [0.29, 0.717) is 11.5 Å². The van der Waals surface area contributed by atoms with Crippen molar-refractivity contribution in [2.45, 2.75) is 23.4 Å². The van der Waals surface area contributed by atoms with Crippen LogP contribution in [0.5, 0.6) is 0 Å². The number of carbonyl (C=O) groups excluding carboxylic acids is 1. The molecule has 0 bridgehead atoms. The van der Waals surface area contributed by atoms with Crippen molar-refractivity contribution in [3.8, 4) is 0 Å². The number of hydrogen-bond donors (Lipinski definition) is 2. The van der Waals surface area contributed by atoms with Crippen LogP contribution in [0.1, 0.15) is 18.2 Å². The number of halogens is 1. The Morgan fingerprint density at radius 1 is 1.24 bits per heavy atom. The highest BCUT2D eigenvalue weighted by Crippen LogP contribution is 2.18. The molecule has 0 saturated carbocycles. The van der Waals surface area contributed by atoms with Crippen LogP contribution in [0.25, 0.3) is 0 Å². The fourth-order valence-electron chi connectivity index (χ4n) is 2.73. The molecular formula is C19H26FN3O4S2. The summed E-state index contributed by atoms with van der Waals surface area (Å²) >= 11 is 1.49. The van der Waals surface area contributed by atoms with Gasteiger partial charge in [0.05, 0.1) is 12.3 Å². The Morgan fingerprint density at radius 2 is 1.97 bits per heavy atom. The first-order chi connectivity index (χ1) is 13.8. The van der Waals surface area contributed by atoms with Gasteiger partial charge in [-0.3, -0.25) is 9.69 Å². The molecule has 2 N–H and O–H groups in total. The molecule has 0 unspecified atom stereocenters. The second-order valence-electron chi connectivity index (χ2n) is 6.63. The van der Waals surface area contributed by atoms with Gasteiger partial charge in [0.1, 0.15) is 22.5 Å². The van der Waals surface area contributed by atoms with E-state index in [9.17, 15) is 17.6 Å². The third-order valence-electron chi connectivity index (χ3n) is 4.32. The fourth-order valence-corrected chi connectivity index (χ4v) is 4.51. The lowest BCUT2D eigenvalue weighted by molar-refractivity contribution is -0.123. The lowest BCUT2D eigenvalue weighted by Gasteiger charge is -2.24. The maximum absolute atomic E-state index is 13.9. The molecule has 0 aliphatic carbocycles. The normalized spacial score (nSPS) is 14.0. The van der Waals surface area contributed by atoms with Crippen LogP contribution in [-0.2, 0) is 14.8 Å². The molecule has 0 spiro atoms. The summed E-state index contributed by atoms with van der Waals surface area (Å²) in [5.74, 6) is -0.0949. The first kappa shape index (κ1) is 23.4. The van der Waals surface area contributed by atoms with Gasteiger partial charge in [-0.1, -0.05) is 12.1 Å². The number of furan rings is 1.